The Morgan fingerprint density at radius 2 is 1.92 bits per heavy atom. The second-order valence-electron chi connectivity index (χ2n) is 2.36. The zero-order chi connectivity index (χ0) is 10.6. The maximum Gasteiger partial charge on any atom is 0.328 e. The van der Waals surface area contributed by atoms with Crippen molar-refractivity contribution in [3.63, 3.8) is 0 Å². The summed E-state index contributed by atoms with van der Waals surface area (Å²) in [5, 5.41) is 25.4. The third-order valence-electron chi connectivity index (χ3n) is 1.21. The summed E-state index contributed by atoms with van der Waals surface area (Å²) < 4.78 is 10.3. The summed E-state index contributed by atoms with van der Waals surface area (Å²) in [4.78, 5) is 26.9. The van der Waals surface area contributed by atoms with E-state index in [0.29, 0.717) is 0 Å². The normalized spacial score (nSPS) is 16.6. The molecule has 8 nitrogen and oxygen atoms in total. The number of carboxylic acids is 1. The van der Waals surface area contributed by atoms with Gasteiger partial charge in [0.25, 0.3) is 0 Å². The molecule has 6 N–H and O–H groups in total. The molecule has 0 aromatic rings. The Hall–Kier alpha value is -0.500. The minimum absolute atomic E-state index is 1.03. The molecule has 9 heteroatoms. The first-order chi connectivity index (χ1) is 5.78. The van der Waals surface area contributed by atoms with Gasteiger partial charge in [0.05, 0.1) is 12.3 Å². The van der Waals surface area contributed by atoms with Crippen molar-refractivity contribution in [1.82, 2.24) is 5.48 Å². The predicted molar refractivity (Wildman–Crippen MR) is 39.3 cm³/mol. The van der Waals surface area contributed by atoms with E-state index in [1.165, 1.54) is 5.48 Å². The third-order valence-corrected chi connectivity index (χ3v) is 2.06. The van der Waals surface area contributed by atoms with E-state index in [4.69, 9.17) is 25.2 Å². The van der Waals surface area contributed by atoms with Crippen molar-refractivity contribution in [2.45, 2.75) is 12.1 Å². The van der Waals surface area contributed by atoms with Gasteiger partial charge in [-0.05, 0) is 0 Å². The molecule has 0 amide bonds. The van der Waals surface area contributed by atoms with Gasteiger partial charge in [0, 0.05) is 0 Å². The number of carboxylic acid groups (broad SMARTS) is 1. The first-order valence-electron chi connectivity index (χ1n) is 3.13. The number of hydrogen-bond acceptors (Lipinski definition) is 5. The summed E-state index contributed by atoms with van der Waals surface area (Å²) >= 11 is 0. The van der Waals surface area contributed by atoms with Crippen molar-refractivity contribution < 1.29 is 34.6 Å². The molecular formula is C4H10NO7P. The van der Waals surface area contributed by atoms with Gasteiger partial charge in [-0.2, -0.15) is 5.48 Å². The van der Waals surface area contributed by atoms with Crippen LogP contribution in [0.2, 0.25) is 0 Å². The molecule has 0 spiro atoms. The van der Waals surface area contributed by atoms with Gasteiger partial charge in [0.1, 0.15) is 0 Å². The Kier molecular flexibility index (Phi) is 4.48. The molecule has 0 radical (unpaired) electrons. The highest BCUT2D eigenvalue weighted by Gasteiger charge is 2.31. The second-order valence-corrected chi connectivity index (χ2v) is 4.05. The fourth-order valence-electron chi connectivity index (χ4n) is 0.655. The van der Waals surface area contributed by atoms with Gasteiger partial charge in [-0.1, -0.05) is 0 Å². The maximum absolute atomic E-state index is 10.3. The largest absolute Gasteiger partial charge is 0.480 e. The quantitative estimate of drug-likeness (QED) is 0.227. The summed E-state index contributed by atoms with van der Waals surface area (Å²) in [6.45, 7) is 0. The van der Waals surface area contributed by atoms with E-state index >= 15 is 0 Å². The van der Waals surface area contributed by atoms with Gasteiger partial charge in [-0.15, -0.1) is 0 Å². The van der Waals surface area contributed by atoms with E-state index in [0.717, 1.165) is 0 Å². The van der Waals surface area contributed by atoms with E-state index in [2.05, 4.69) is 0 Å². The van der Waals surface area contributed by atoms with Gasteiger partial charge < -0.3 is 25.2 Å². The van der Waals surface area contributed by atoms with Crippen molar-refractivity contribution in [1.29, 1.82) is 0 Å². The minimum atomic E-state index is -4.49. The van der Waals surface area contributed by atoms with Crippen molar-refractivity contribution in [2.75, 3.05) is 6.16 Å². The second kappa shape index (κ2) is 4.66. The first-order valence-corrected chi connectivity index (χ1v) is 4.92. The highest BCUT2D eigenvalue weighted by atomic mass is 31.2. The number of carbonyl (C=O) groups is 1. The number of aliphatic hydroxyl groups excluding tert-OH is 1. The van der Waals surface area contributed by atoms with Gasteiger partial charge in [-0.25, -0.2) is 0 Å². The van der Waals surface area contributed by atoms with Crippen LogP contribution in [0.15, 0.2) is 0 Å². The lowest BCUT2D eigenvalue weighted by atomic mass is 10.2. The van der Waals surface area contributed by atoms with Crippen LogP contribution in [0, 0.1) is 0 Å². The molecule has 0 saturated carbocycles. The Morgan fingerprint density at radius 1 is 1.46 bits per heavy atom. The molecular weight excluding hydrogens is 205 g/mol. The fourth-order valence-corrected chi connectivity index (χ4v) is 1.35. The molecule has 0 heterocycles. The lowest BCUT2D eigenvalue weighted by Gasteiger charge is -2.17. The zero-order valence-corrected chi connectivity index (χ0v) is 7.26. The number of hydroxylamine groups is 1. The average molecular weight is 215 g/mol. The molecule has 0 rings (SSSR count). The molecule has 13 heavy (non-hydrogen) atoms. The third kappa shape index (κ3) is 4.94. The van der Waals surface area contributed by atoms with Crippen molar-refractivity contribution in [3.8, 4) is 0 Å². The molecule has 0 saturated heterocycles. The Morgan fingerprint density at radius 3 is 2.15 bits per heavy atom. The summed E-state index contributed by atoms with van der Waals surface area (Å²) in [5.41, 5.74) is 1.23. The zero-order valence-electron chi connectivity index (χ0n) is 6.36. The SMILES string of the molecule is O=C(O)C(NO)C(O)CP(=O)(O)O. The summed E-state index contributed by atoms with van der Waals surface area (Å²) in [6.07, 6.45) is -2.89. The minimum Gasteiger partial charge on any atom is -0.480 e. The van der Waals surface area contributed by atoms with Gasteiger partial charge in [0.2, 0.25) is 0 Å². The average Bonchev–Trinajstić information content (AvgIpc) is 1.82. The Balaban J connectivity index is 4.31. The summed E-state index contributed by atoms with van der Waals surface area (Å²) in [7, 11) is -4.49. The van der Waals surface area contributed by atoms with Gasteiger partial charge >= 0.3 is 13.6 Å². The fraction of sp³-hybridized carbons (Fsp3) is 0.750. The summed E-state index contributed by atoms with van der Waals surface area (Å²) in [5.74, 6) is -1.61. The van der Waals surface area contributed by atoms with Crippen molar-refractivity contribution in [3.05, 3.63) is 0 Å². The van der Waals surface area contributed by atoms with E-state index in [9.17, 15) is 9.36 Å². The molecule has 2 atom stereocenters. The van der Waals surface area contributed by atoms with Gasteiger partial charge in [0.15, 0.2) is 6.04 Å². The summed E-state index contributed by atoms with van der Waals surface area (Å²) in [6, 6.07) is -1.81. The van der Waals surface area contributed by atoms with Crippen LogP contribution in [-0.2, 0) is 9.36 Å². The van der Waals surface area contributed by atoms with Crippen LogP contribution >= 0.6 is 7.60 Å². The highest BCUT2D eigenvalue weighted by molar-refractivity contribution is 7.51. The molecule has 0 aliphatic rings. The molecule has 0 fully saturated rings. The van der Waals surface area contributed by atoms with Crippen molar-refractivity contribution >= 4 is 13.6 Å². The molecule has 2 unspecified atom stereocenters. The molecule has 78 valence electrons. The van der Waals surface area contributed by atoms with E-state index < -0.39 is 31.9 Å². The number of aliphatic carboxylic acids is 1. The van der Waals surface area contributed by atoms with E-state index in [-0.39, 0.29) is 0 Å². The van der Waals surface area contributed by atoms with Crippen molar-refractivity contribution in [2.24, 2.45) is 0 Å². The van der Waals surface area contributed by atoms with E-state index in [1.54, 1.807) is 0 Å². The lowest BCUT2D eigenvalue weighted by molar-refractivity contribution is -0.145. The van der Waals surface area contributed by atoms with E-state index in [1.807, 2.05) is 0 Å². The van der Waals surface area contributed by atoms with Crippen LogP contribution in [0.1, 0.15) is 0 Å². The number of hydrogen-bond donors (Lipinski definition) is 6. The van der Waals surface area contributed by atoms with Crippen LogP contribution < -0.4 is 5.48 Å². The Labute approximate surface area is 72.9 Å². The highest BCUT2D eigenvalue weighted by Crippen LogP contribution is 2.35. The van der Waals surface area contributed by atoms with Crippen LogP contribution in [-0.4, -0.2) is 49.5 Å². The monoisotopic (exact) mass is 215 g/mol. The molecule has 0 aromatic heterocycles. The topological polar surface area (TPSA) is 147 Å². The van der Waals surface area contributed by atoms with Gasteiger partial charge in [-0.3, -0.25) is 9.36 Å². The molecule has 0 bridgehead atoms. The maximum atomic E-state index is 10.3. The first kappa shape index (κ1) is 12.5. The number of nitrogens with one attached hydrogen (secondary N) is 1. The van der Waals surface area contributed by atoms with Crippen LogP contribution in [0.4, 0.5) is 0 Å². The van der Waals surface area contributed by atoms with Crippen LogP contribution in [0.25, 0.3) is 0 Å². The molecule has 0 aliphatic carbocycles. The molecule has 0 aromatic carbocycles. The smallest absolute Gasteiger partial charge is 0.328 e. The Bertz CT molecular complexity index is 225. The number of rotatable bonds is 5. The lowest BCUT2D eigenvalue weighted by Crippen LogP contribution is -2.46. The number of aliphatic hydroxyl groups is 1. The predicted octanol–water partition coefficient (Wildman–Crippen LogP) is -2.04. The molecule has 0 aliphatic heterocycles. The van der Waals surface area contributed by atoms with Crippen LogP contribution in [0.3, 0.4) is 0 Å². The van der Waals surface area contributed by atoms with Crippen LogP contribution in [0.5, 0.6) is 0 Å². The standard InChI is InChI=1S/C4H10NO7P/c6-2(1-13(10,11)12)3(5-9)4(7)8/h2-3,5-6,9H,1H2,(H,7,8)(H2,10,11,12).